The van der Waals surface area contributed by atoms with Crippen molar-refractivity contribution in [2.75, 3.05) is 6.61 Å². The van der Waals surface area contributed by atoms with E-state index < -0.39 is 0 Å². The van der Waals surface area contributed by atoms with Gasteiger partial charge in [-0.15, -0.1) is 0 Å². The minimum atomic E-state index is 0.264. The molecule has 1 aromatic rings. The van der Waals surface area contributed by atoms with Crippen molar-refractivity contribution < 1.29 is 4.74 Å². The van der Waals surface area contributed by atoms with Crippen LogP contribution in [0.15, 0.2) is 0 Å². The maximum absolute atomic E-state index is 5.86. The van der Waals surface area contributed by atoms with Crippen molar-refractivity contribution >= 4 is 0 Å². The van der Waals surface area contributed by atoms with Crippen molar-refractivity contribution in [3.05, 3.63) is 17.0 Å². The molecule has 1 heterocycles. The second-order valence-electron chi connectivity index (χ2n) is 6.25. The van der Waals surface area contributed by atoms with Crippen LogP contribution in [0.25, 0.3) is 0 Å². The predicted octanol–water partition coefficient (Wildman–Crippen LogP) is 2.72. The second kappa shape index (κ2) is 5.86. The van der Waals surface area contributed by atoms with Gasteiger partial charge in [0.1, 0.15) is 0 Å². The summed E-state index contributed by atoms with van der Waals surface area (Å²) in [5.41, 5.74) is 4.00. The Morgan fingerprint density at radius 1 is 1.40 bits per heavy atom. The van der Waals surface area contributed by atoms with Gasteiger partial charge in [0.25, 0.3) is 0 Å². The van der Waals surface area contributed by atoms with Crippen LogP contribution in [0.5, 0.6) is 0 Å². The van der Waals surface area contributed by atoms with Crippen molar-refractivity contribution in [1.29, 1.82) is 0 Å². The summed E-state index contributed by atoms with van der Waals surface area (Å²) in [7, 11) is 2.01. The highest BCUT2D eigenvalue weighted by Gasteiger charge is 2.50. The Morgan fingerprint density at radius 2 is 2.10 bits per heavy atom. The minimum Gasteiger partial charge on any atom is -0.378 e. The molecule has 4 heteroatoms. The first-order valence-electron chi connectivity index (χ1n) is 7.78. The van der Waals surface area contributed by atoms with E-state index in [0.29, 0.717) is 12.1 Å². The van der Waals surface area contributed by atoms with Gasteiger partial charge in [-0.1, -0.05) is 13.8 Å². The SMILES string of the molecule is CCOC1CC(NCc2c(C)nn(C)c2C)C1(C)CC. The lowest BCUT2D eigenvalue weighted by molar-refractivity contribution is -0.126. The van der Waals surface area contributed by atoms with Gasteiger partial charge in [0, 0.05) is 42.9 Å². The fourth-order valence-electron chi connectivity index (χ4n) is 3.37. The molecule has 1 aliphatic carbocycles. The highest BCUT2D eigenvalue weighted by molar-refractivity contribution is 5.24. The molecule has 1 aliphatic rings. The van der Waals surface area contributed by atoms with E-state index in [1.165, 1.54) is 11.3 Å². The van der Waals surface area contributed by atoms with Gasteiger partial charge in [-0.05, 0) is 33.6 Å². The van der Waals surface area contributed by atoms with E-state index in [4.69, 9.17) is 4.74 Å². The third-order valence-electron chi connectivity index (χ3n) is 5.30. The average Bonchev–Trinajstić information content (AvgIpc) is 2.66. The molecule has 3 unspecified atom stereocenters. The normalized spacial score (nSPS) is 29.5. The molecule has 0 amide bonds. The minimum absolute atomic E-state index is 0.264. The zero-order chi connectivity index (χ0) is 14.9. The lowest BCUT2D eigenvalue weighted by atomic mass is 9.61. The summed E-state index contributed by atoms with van der Waals surface area (Å²) in [6.07, 6.45) is 2.68. The summed E-state index contributed by atoms with van der Waals surface area (Å²) in [6.45, 7) is 12.6. The molecule has 0 aromatic carbocycles. The fourth-order valence-corrected chi connectivity index (χ4v) is 3.37. The largest absolute Gasteiger partial charge is 0.378 e. The third-order valence-corrected chi connectivity index (χ3v) is 5.30. The van der Waals surface area contributed by atoms with Crippen LogP contribution in [-0.4, -0.2) is 28.5 Å². The average molecular weight is 279 g/mol. The highest BCUT2D eigenvalue weighted by Crippen LogP contribution is 2.46. The van der Waals surface area contributed by atoms with Crippen LogP contribution in [0, 0.1) is 19.3 Å². The van der Waals surface area contributed by atoms with Crippen LogP contribution < -0.4 is 5.32 Å². The molecule has 1 fully saturated rings. The van der Waals surface area contributed by atoms with Gasteiger partial charge in [-0.2, -0.15) is 5.10 Å². The smallest absolute Gasteiger partial charge is 0.0658 e. The molecular weight excluding hydrogens is 250 g/mol. The Morgan fingerprint density at radius 3 is 2.60 bits per heavy atom. The quantitative estimate of drug-likeness (QED) is 0.870. The molecule has 1 aromatic heterocycles. The van der Waals surface area contributed by atoms with E-state index in [0.717, 1.165) is 31.7 Å². The highest BCUT2D eigenvalue weighted by atomic mass is 16.5. The Labute approximate surface area is 122 Å². The van der Waals surface area contributed by atoms with Crippen LogP contribution in [0.2, 0.25) is 0 Å². The van der Waals surface area contributed by atoms with E-state index in [1.807, 2.05) is 11.7 Å². The van der Waals surface area contributed by atoms with Crippen LogP contribution >= 0.6 is 0 Å². The van der Waals surface area contributed by atoms with E-state index in [9.17, 15) is 0 Å². The number of ether oxygens (including phenoxy) is 1. The van der Waals surface area contributed by atoms with Gasteiger partial charge in [0.15, 0.2) is 0 Å². The number of hydrogen-bond acceptors (Lipinski definition) is 3. The monoisotopic (exact) mass is 279 g/mol. The van der Waals surface area contributed by atoms with Gasteiger partial charge in [-0.25, -0.2) is 0 Å². The zero-order valence-electron chi connectivity index (χ0n) is 13.8. The molecule has 20 heavy (non-hydrogen) atoms. The zero-order valence-corrected chi connectivity index (χ0v) is 13.8. The first-order valence-corrected chi connectivity index (χ1v) is 7.78. The number of hydrogen-bond donors (Lipinski definition) is 1. The van der Waals surface area contributed by atoms with Crippen LogP contribution in [0.1, 0.15) is 50.6 Å². The molecular formula is C16H29N3O. The van der Waals surface area contributed by atoms with Crippen molar-refractivity contribution in [3.8, 4) is 0 Å². The standard InChI is InChI=1S/C16H29N3O/c1-7-16(5)14(9-15(16)20-8-2)17-10-13-11(3)18-19(6)12(13)4/h14-15,17H,7-10H2,1-6H3. The summed E-state index contributed by atoms with van der Waals surface area (Å²) in [6, 6.07) is 0.544. The first kappa shape index (κ1) is 15.5. The molecule has 0 spiro atoms. The molecule has 2 rings (SSSR count). The number of nitrogens with zero attached hydrogens (tertiary/aromatic N) is 2. The lowest BCUT2D eigenvalue weighted by Gasteiger charge is -2.53. The Balaban J connectivity index is 1.98. The van der Waals surface area contributed by atoms with Crippen molar-refractivity contribution in [2.24, 2.45) is 12.5 Å². The van der Waals surface area contributed by atoms with Gasteiger partial charge in [-0.3, -0.25) is 4.68 Å². The molecule has 3 atom stereocenters. The van der Waals surface area contributed by atoms with Crippen molar-refractivity contribution in [3.63, 3.8) is 0 Å². The second-order valence-corrected chi connectivity index (χ2v) is 6.25. The van der Waals surface area contributed by atoms with Gasteiger partial charge >= 0.3 is 0 Å². The molecule has 1 saturated carbocycles. The van der Waals surface area contributed by atoms with Crippen LogP contribution in [0.3, 0.4) is 0 Å². The first-order chi connectivity index (χ1) is 9.43. The van der Waals surface area contributed by atoms with Gasteiger partial charge in [0.2, 0.25) is 0 Å². The van der Waals surface area contributed by atoms with Gasteiger partial charge in [0.05, 0.1) is 11.8 Å². The summed E-state index contributed by atoms with van der Waals surface area (Å²) in [5.74, 6) is 0. The molecule has 114 valence electrons. The number of rotatable bonds is 6. The van der Waals surface area contributed by atoms with E-state index >= 15 is 0 Å². The van der Waals surface area contributed by atoms with Gasteiger partial charge < -0.3 is 10.1 Å². The summed E-state index contributed by atoms with van der Waals surface area (Å²) in [5, 5.41) is 8.21. The molecule has 0 radical (unpaired) electrons. The predicted molar refractivity (Wildman–Crippen MR) is 81.7 cm³/mol. The maximum atomic E-state index is 5.86. The molecule has 0 saturated heterocycles. The van der Waals surface area contributed by atoms with E-state index in [2.05, 4.69) is 45.0 Å². The maximum Gasteiger partial charge on any atom is 0.0658 e. The Kier molecular flexibility index (Phi) is 4.55. The summed E-state index contributed by atoms with van der Waals surface area (Å²) in [4.78, 5) is 0. The number of aryl methyl sites for hydroxylation is 2. The number of nitrogens with one attached hydrogen (secondary N) is 1. The Bertz CT molecular complexity index is 469. The lowest BCUT2D eigenvalue weighted by Crippen LogP contribution is -2.62. The summed E-state index contributed by atoms with van der Waals surface area (Å²) < 4.78 is 7.83. The molecule has 1 N–H and O–H groups in total. The molecule has 0 bridgehead atoms. The summed E-state index contributed by atoms with van der Waals surface area (Å²) >= 11 is 0. The third kappa shape index (κ3) is 2.51. The van der Waals surface area contributed by atoms with Crippen molar-refractivity contribution in [2.45, 2.75) is 66.2 Å². The number of aromatic nitrogens is 2. The van der Waals surface area contributed by atoms with E-state index in [1.54, 1.807) is 0 Å². The molecule has 4 nitrogen and oxygen atoms in total. The van der Waals surface area contributed by atoms with Crippen molar-refractivity contribution in [1.82, 2.24) is 15.1 Å². The van der Waals surface area contributed by atoms with Crippen LogP contribution in [0.4, 0.5) is 0 Å². The molecule has 0 aliphatic heterocycles. The fraction of sp³-hybridized carbons (Fsp3) is 0.812. The Hall–Kier alpha value is -0.870. The van der Waals surface area contributed by atoms with Crippen LogP contribution in [-0.2, 0) is 18.3 Å². The topological polar surface area (TPSA) is 39.1 Å². The van der Waals surface area contributed by atoms with E-state index in [-0.39, 0.29) is 5.41 Å².